The Morgan fingerprint density at radius 1 is 0.880 bits per heavy atom. The summed E-state index contributed by atoms with van der Waals surface area (Å²) in [5.74, 6) is 1.35. The Hall–Kier alpha value is -0.650. The van der Waals surface area contributed by atoms with Gasteiger partial charge in [0.2, 0.25) is 0 Å². The molecule has 1 rings (SSSR count). The van der Waals surface area contributed by atoms with E-state index in [4.69, 9.17) is 10.7 Å². The first-order chi connectivity index (χ1) is 12.4. The van der Waals surface area contributed by atoms with Gasteiger partial charge in [-0.05, 0) is 6.42 Å². The van der Waals surface area contributed by atoms with Crippen LogP contribution < -0.4 is 16.4 Å². The first-order valence-electron chi connectivity index (χ1n) is 10.8. The smallest absolute Gasteiger partial charge is 0.0990 e. The second kappa shape index (κ2) is 16.8. The highest BCUT2D eigenvalue weighted by Crippen LogP contribution is 2.13. The first kappa shape index (κ1) is 22.4. The van der Waals surface area contributed by atoms with Crippen LogP contribution in [-0.4, -0.2) is 63.1 Å². The van der Waals surface area contributed by atoms with E-state index in [-0.39, 0.29) is 0 Å². The zero-order valence-corrected chi connectivity index (χ0v) is 16.7. The van der Waals surface area contributed by atoms with Crippen LogP contribution in [0.4, 0.5) is 0 Å². The van der Waals surface area contributed by atoms with Crippen molar-refractivity contribution in [2.45, 2.75) is 71.1 Å². The number of unbranched alkanes of at least 4 members (excludes halogenated alkanes) is 8. The van der Waals surface area contributed by atoms with E-state index < -0.39 is 0 Å². The van der Waals surface area contributed by atoms with Crippen LogP contribution in [0.1, 0.15) is 71.1 Å². The molecule has 1 aliphatic heterocycles. The Bertz CT molecular complexity index is 319. The Morgan fingerprint density at radius 3 is 2.20 bits per heavy atom. The molecule has 0 radical (unpaired) electrons. The minimum absolute atomic E-state index is 0.715. The van der Waals surface area contributed by atoms with Gasteiger partial charge in [0.05, 0.1) is 12.4 Å². The van der Waals surface area contributed by atoms with Crippen molar-refractivity contribution in [2.75, 3.05) is 52.4 Å². The SMILES string of the molecule is CCCCCCCCCCCC1=NCCN1CCNCCNCCN. The number of nitrogens with zero attached hydrogens (tertiary/aromatic N) is 2. The van der Waals surface area contributed by atoms with Gasteiger partial charge >= 0.3 is 0 Å². The molecule has 0 fully saturated rings. The number of rotatable bonds is 18. The topological polar surface area (TPSA) is 65.7 Å². The van der Waals surface area contributed by atoms with Gasteiger partial charge in [0, 0.05) is 52.2 Å². The lowest BCUT2D eigenvalue weighted by atomic mass is 10.1. The van der Waals surface area contributed by atoms with Crippen LogP contribution >= 0.6 is 0 Å². The van der Waals surface area contributed by atoms with Gasteiger partial charge in [0.15, 0.2) is 0 Å². The molecule has 5 heteroatoms. The highest BCUT2D eigenvalue weighted by Gasteiger charge is 2.15. The van der Waals surface area contributed by atoms with Crippen molar-refractivity contribution in [3.8, 4) is 0 Å². The van der Waals surface area contributed by atoms with Crippen molar-refractivity contribution in [3.63, 3.8) is 0 Å². The molecule has 0 amide bonds. The molecule has 0 unspecified atom stereocenters. The molecule has 0 spiro atoms. The van der Waals surface area contributed by atoms with Crippen LogP contribution in [0.5, 0.6) is 0 Å². The minimum Gasteiger partial charge on any atom is -0.357 e. The van der Waals surface area contributed by atoms with Crippen LogP contribution in [0.15, 0.2) is 4.99 Å². The van der Waals surface area contributed by atoms with Crippen molar-refractivity contribution in [3.05, 3.63) is 0 Å². The van der Waals surface area contributed by atoms with E-state index in [1.807, 2.05) is 0 Å². The molecule has 0 bridgehead atoms. The van der Waals surface area contributed by atoms with E-state index in [1.165, 1.54) is 70.0 Å². The molecular formula is C20H43N5. The zero-order valence-electron chi connectivity index (χ0n) is 16.7. The average molecular weight is 354 g/mol. The maximum absolute atomic E-state index is 5.46. The molecule has 0 saturated heterocycles. The second-order valence-corrected chi connectivity index (χ2v) is 7.15. The quantitative estimate of drug-likeness (QED) is 0.332. The van der Waals surface area contributed by atoms with Crippen LogP contribution in [-0.2, 0) is 0 Å². The van der Waals surface area contributed by atoms with Gasteiger partial charge in [-0.1, -0.05) is 58.3 Å². The maximum atomic E-state index is 5.46. The van der Waals surface area contributed by atoms with Gasteiger partial charge in [0.25, 0.3) is 0 Å². The van der Waals surface area contributed by atoms with Crippen molar-refractivity contribution in [1.29, 1.82) is 0 Å². The number of aliphatic imine (C=N–C) groups is 1. The lowest BCUT2D eigenvalue weighted by Crippen LogP contribution is -2.37. The molecule has 0 aromatic carbocycles. The number of hydrogen-bond donors (Lipinski definition) is 3. The van der Waals surface area contributed by atoms with Gasteiger partial charge in [-0.3, -0.25) is 4.99 Å². The monoisotopic (exact) mass is 353 g/mol. The number of nitrogens with one attached hydrogen (secondary N) is 2. The largest absolute Gasteiger partial charge is 0.357 e. The van der Waals surface area contributed by atoms with Crippen molar-refractivity contribution >= 4 is 5.84 Å². The lowest BCUT2D eigenvalue weighted by Gasteiger charge is -2.20. The fourth-order valence-electron chi connectivity index (χ4n) is 3.34. The van der Waals surface area contributed by atoms with E-state index in [1.54, 1.807) is 0 Å². The molecule has 5 nitrogen and oxygen atoms in total. The van der Waals surface area contributed by atoms with Crippen LogP contribution in [0.25, 0.3) is 0 Å². The molecular weight excluding hydrogens is 310 g/mol. The third-order valence-corrected chi connectivity index (χ3v) is 4.89. The molecule has 0 saturated carbocycles. The zero-order chi connectivity index (χ0) is 18.0. The minimum atomic E-state index is 0.715. The molecule has 25 heavy (non-hydrogen) atoms. The summed E-state index contributed by atoms with van der Waals surface area (Å²) < 4.78 is 0. The molecule has 0 aromatic heterocycles. The van der Waals surface area contributed by atoms with Gasteiger partial charge in [0.1, 0.15) is 0 Å². The third kappa shape index (κ3) is 12.4. The number of hydrogen-bond acceptors (Lipinski definition) is 5. The summed E-state index contributed by atoms with van der Waals surface area (Å²) in [6.45, 7) is 10.1. The van der Waals surface area contributed by atoms with Crippen LogP contribution in [0.2, 0.25) is 0 Å². The Balaban J connectivity index is 1.93. The summed E-state index contributed by atoms with van der Waals surface area (Å²) in [6, 6.07) is 0. The van der Waals surface area contributed by atoms with Gasteiger partial charge < -0.3 is 21.3 Å². The Morgan fingerprint density at radius 2 is 1.52 bits per heavy atom. The lowest BCUT2D eigenvalue weighted by molar-refractivity contribution is 0.432. The third-order valence-electron chi connectivity index (χ3n) is 4.89. The standard InChI is InChI=1S/C20H43N5/c1-2-3-4-5-6-7-8-9-10-11-20-24-17-19-25(20)18-16-23-15-14-22-13-12-21/h22-23H,2-19,21H2,1H3. The normalized spacial score (nSPS) is 14.3. The summed E-state index contributed by atoms with van der Waals surface area (Å²) in [5, 5.41) is 6.80. The predicted molar refractivity (Wildman–Crippen MR) is 111 cm³/mol. The second-order valence-electron chi connectivity index (χ2n) is 7.15. The molecule has 1 heterocycles. The average Bonchev–Trinajstić information content (AvgIpc) is 3.07. The fraction of sp³-hybridized carbons (Fsp3) is 0.950. The summed E-state index contributed by atoms with van der Waals surface area (Å²) >= 11 is 0. The highest BCUT2D eigenvalue weighted by molar-refractivity contribution is 5.83. The number of amidine groups is 1. The van der Waals surface area contributed by atoms with Crippen molar-refractivity contribution in [2.24, 2.45) is 10.7 Å². The van der Waals surface area contributed by atoms with Crippen molar-refractivity contribution < 1.29 is 0 Å². The summed E-state index contributed by atoms with van der Waals surface area (Å²) in [5.41, 5.74) is 5.46. The Kier molecular flexibility index (Phi) is 15.0. The number of nitrogens with two attached hydrogens (primary N) is 1. The summed E-state index contributed by atoms with van der Waals surface area (Å²) in [6.07, 6.45) is 13.7. The summed E-state index contributed by atoms with van der Waals surface area (Å²) in [4.78, 5) is 7.19. The Labute approximate surface area is 156 Å². The molecule has 0 aliphatic carbocycles. The molecule has 0 atom stereocenters. The van der Waals surface area contributed by atoms with Gasteiger partial charge in [-0.25, -0.2) is 0 Å². The maximum Gasteiger partial charge on any atom is 0.0990 e. The van der Waals surface area contributed by atoms with E-state index >= 15 is 0 Å². The fourth-order valence-corrected chi connectivity index (χ4v) is 3.34. The molecule has 4 N–H and O–H groups in total. The van der Waals surface area contributed by atoms with E-state index in [9.17, 15) is 0 Å². The highest BCUT2D eigenvalue weighted by atomic mass is 15.2. The van der Waals surface area contributed by atoms with Crippen molar-refractivity contribution in [1.82, 2.24) is 15.5 Å². The molecule has 0 aromatic rings. The van der Waals surface area contributed by atoms with E-state index in [2.05, 4.69) is 22.5 Å². The molecule has 148 valence electrons. The predicted octanol–water partition coefficient (Wildman–Crippen LogP) is 2.76. The van der Waals surface area contributed by atoms with Crippen LogP contribution in [0.3, 0.4) is 0 Å². The van der Waals surface area contributed by atoms with Gasteiger partial charge in [-0.15, -0.1) is 0 Å². The van der Waals surface area contributed by atoms with Crippen LogP contribution in [0, 0.1) is 0 Å². The molecule has 1 aliphatic rings. The summed E-state index contributed by atoms with van der Waals surface area (Å²) in [7, 11) is 0. The van der Waals surface area contributed by atoms with Gasteiger partial charge in [-0.2, -0.15) is 0 Å². The first-order valence-corrected chi connectivity index (χ1v) is 10.8. The van der Waals surface area contributed by atoms with E-state index in [0.29, 0.717) is 6.54 Å². The van der Waals surface area contributed by atoms with E-state index in [0.717, 1.165) is 45.8 Å².